The van der Waals surface area contributed by atoms with Crippen molar-refractivity contribution in [2.45, 2.75) is 65.4 Å². The number of hydrogen-bond donors (Lipinski definition) is 1. The quantitative estimate of drug-likeness (QED) is 0.644. The van der Waals surface area contributed by atoms with Gasteiger partial charge in [-0.2, -0.15) is 0 Å². The van der Waals surface area contributed by atoms with E-state index >= 15 is 0 Å². The molecule has 0 spiro atoms. The molecule has 1 N–H and O–H groups in total. The molecule has 0 saturated heterocycles. The van der Waals surface area contributed by atoms with E-state index in [0.29, 0.717) is 16.7 Å². The predicted octanol–water partition coefficient (Wildman–Crippen LogP) is 5.71. The molecule has 0 radical (unpaired) electrons. The molecule has 1 aromatic heterocycles. The van der Waals surface area contributed by atoms with Gasteiger partial charge in [0.05, 0.1) is 6.10 Å². The Kier molecular flexibility index (Phi) is 3.82. The second-order valence-corrected chi connectivity index (χ2v) is 10.7. The summed E-state index contributed by atoms with van der Waals surface area (Å²) >= 11 is 1.80. The van der Waals surface area contributed by atoms with Gasteiger partial charge in [0.1, 0.15) is 5.01 Å². The first-order chi connectivity index (χ1) is 12.4. The number of thiazole rings is 1. The van der Waals surface area contributed by atoms with Crippen LogP contribution in [0, 0.1) is 34.5 Å². The van der Waals surface area contributed by atoms with Crippen molar-refractivity contribution in [2.24, 2.45) is 34.5 Å². The summed E-state index contributed by atoms with van der Waals surface area (Å²) in [5.41, 5.74) is 3.71. The number of aliphatic hydroxyl groups is 1. The Bertz CT molecular complexity index is 765. The van der Waals surface area contributed by atoms with Crippen LogP contribution < -0.4 is 0 Å². The van der Waals surface area contributed by atoms with Gasteiger partial charge < -0.3 is 5.11 Å². The molecule has 2 nitrogen and oxygen atoms in total. The van der Waals surface area contributed by atoms with Gasteiger partial charge >= 0.3 is 0 Å². The Morgan fingerprint density at radius 2 is 1.96 bits per heavy atom. The van der Waals surface area contributed by atoms with Gasteiger partial charge in [-0.05, 0) is 78.6 Å². The molecule has 2 unspecified atom stereocenters. The minimum Gasteiger partial charge on any atom is -0.393 e. The minimum atomic E-state index is -0.114. The second-order valence-electron chi connectivity index (χ2n) is 9.80. The lowest BCUT2D eigenvalue weighted by molar-refractivity contribution is -0.0425. The molecule has 3 heteroatoms. The number of fused-ring (bicyclic) bond motifs is 5. The zero-order chi connectivity index (χ0) is 18.1. The highest BCUT2D eigenvalue weighted by Gasteiger charge is 2.58. The highest BCUT2D eigenvalue weighted by molar-refractivity contribution is 7.10. The number of aromatic nitrogens is 1. The maximum atomic E-state index is 10.2. The Balaban J connectivity index is 1.52. The van der Waals surface area contributed by atoms with Crippen molar-refractivity contribution in [3.05, 3.63) is 34.3 Å². The van der Waals surface area contributed by atoms with Crippen molar-refractivity contribution >= 4 is 16.9 Å². The van der Waals surface area contributed by atoms with Crippen molar-refractivity contribution in [1.82, 2.24) is 4.98 Å². The fourth-order valence-corrected chi connectivity index (χ4v) is 8.07. The van der Waals surface area contributed by atoms with Crippen LogP contribution in [-0.2, 0) is 0 Å². The predicted molar refractivity (Wildman–Crippen MR) is 108 cm³/mol. The molecule has 4 aliphatic rings. The minimum absolute atomic E-state index is 0.114. The van der Waals surface area contributed by atoms with Gasteiger partial charge in [0.15, 0.2) is 0 Å². The van der Waals surface area contributed by atoms with Crippen molar-refractivity contribution in [2.75, 3.05) is 0 Å². The van der Waals surface area contributed by atoms with Crippen LogP contribution in [0.2, 0.25) is 0 Å². The first-order valence-corrected chi connectivity index (χ1v) is 11.3. The zero-order valence-electron chi connectivity index (χ0n) is 16.2. The van der Waals surface area contributed by atoms with Gasteiger partial charge in [-0.25, -0.2) is 4.98 Å². The van der Waals surface area contributed by atoms with E-state index in [4.69, 9.17) is 0 Å². The van der Waals surface area contributed by atoms with Crippen LogP contribution in [-0.4, -0.2) is 16.2 Å². The maximum absolute atomic E-state index is 10.2. The van der Waals surface area contributed by atoms with Crippen molar-refractivity contribution < 1.29 is 5.11 Å². The van der Waals surface area contributed by atoms with Crippen molar-refractivity contribution in [1.29, 1.82) is 0 Å². The molecule has 1 heterocycles. The lowest BCUT2D eigenvalue weighted by Gasteiger charge is -2.59. The summed E-state index contributed by atoms with van der Waals surface area (Å²) in [4.78, 5) is 4.66. The fraction of sp³-hybridized carbons (Fsp3) is 0.696. The Labute approximate surface area is 161 Å². The summed E-state index contributed by atoms with van der Waals surface area (Å²) in [5, 5.41) is 13.6. The molecule has 1 aromatic rings. The first-order valence-electron chi connectivity index (χ1n) is 10.4. The topological polar surface area (TPSA) is 33.1 Å². The summed E-state index contributed by atoms with van der Waals surface area (Å²) < 4.78 is 0. The standard InChI is InChI=1S/C23H31NOS/c1-14-12-15-13-16(25)6-8-22(15,2)18-7-9-23(3)17(20(14)18)4-5-19(23)21-24-10-11-26-21/h5,10-12,14,16-18,20,25H,4,6-9,13H2,1-3H3/t14?,16?,17-,18-,20-,22-,23-/m0/s1. The van der Waals surface area contributed by atoms with Gasteiger partial charge in [-0.1, -0.05) is 38.5 Å². The van der Waals surface area contributed by atoms with Crippen LogP contribution in [0.3, 0.4) is 0 Å². The smallest absolute Gasteiger partial charge is 0.119 e. The molecular weight excluding hydrogens is 338 g/mol. The lowest BCUT2D eigenvalue weighted by atomic mass is 9.45. The summed E-state index contributed by atoms with van der Waals surface area (Å²) in [6.07, 6.45) is 13.8. The molecule has 0 aliphatic heterocycles. The van der Waals surface area contributed by atoms with E-state index in [2.05, 4.69) is 43.3 Å². The number of aliphatic hydroxyl groups excluding tert-OH is 1. The zero-order valence-corrected chi connectivity index (χ0v) is 17.1. The van der Waals surface area contributed by atoms with Gasteiger partial charge in [0, 0.05) is 11.6 Å². The van der Waals surface area contributed by atoms with Gasteiger partial charge in [-0.15, -0.1) is 11.3 Å². The number of nitrogens with zero attached hydrogens (tertiary/aromatic N) is 1. The summed E-state index contributed by atoms with van der Waals surface area (Å²) in [6.45, 7) is 7.48. The summed E-state index contributed by atoms with van der Waals surface area (Å²) in [6, 6.07) is 0. The average Bonchev–Trinajstić information content (AvgIpc) is 3.23. The molecule has 7 atom stereocenters. The Hall–Kier alpha value is -0.930. The van der Waals surface area contributed by atoms with E-state index in [9.17, 15) is 5.11 Å². The number of hydrogen-bond acceptors (Lipinski definition) is 3. The van der Waals surface area contributed by atoms with E-state index < -0.39 is 0 Å². The van der Waals surface area contributed by atoms with Crippen molar-refractivity contribution in [3.8, 4) is 0 Å². The van der Waals surface area contributed by atoms with Crippen LogP contribution in [0.4, 0.5) is 0 Å². The molecule has 0 aromatic carbocycles. The van der Waals surface area contributed by atoms with Crippen LogP contribution in [0.15, 0.2) is 29.3 Å². The van der Waals surface area contributed by atoms with Gasteiger partial charge in [0.2, 0.25) is 0 Å². The molecule has 2 fully saturated rings. The molecule has 2 saturated carbocycles. The molecule has 0 amide bonds. The van der Waals surface area contributed by atoms with Crippen molar-refractivity contribution in [3.63, 3.8) is 0 Å². The third kappa shape index (κ3) is 2.22. The third-order valence-corrected chi connectivity index (χ3v) is 9.46. The normalized spacial score (nSPS) is 47.5. The highest BCUT2D eigenvalue weighted by atomic mass is 32.1. The fourth-order valence-electron chi connectivity index (χ4n) is 7.26. The molecule has 4 aliphatic carbocycles. The monoisotopic (exact) mass is 369 g/mol. The highest BCUT2D eigenvalue weighted by Crippen LogP contribution is 2.67. The third-order valence-electron chi connectivity index (χ3n) is 8.65. The number of rotatable bonds is 1. The second kappa shape index (κ2) is 5.78. The van der Waals surface area contributed by atoms with Crippen LogP contribution in [0.25, 0.3) is 5.57 Å². The Morgan fingerprint density at radius 3 is 2.73 bits per heavy atom. The maximum Gasteiger partial charge on any atom is 0.119 e. The SMILES string of the molecule is CC1C=C2CC(O)CC[C@]2(C)[C@H]2CC[C@]3(C)C(c4nccs4)=CC[C@H]3[C@H]12. The first kappa shape index (κ1) is 17.2. The molecule has 5 rings (SSSR count). The summed E-state index contributed by atoms with van der Waals surface area (Å²) in [7, 11) is 0. The largest absolute Gasteiger partial charge is 0.393 e. The van der Waals surface area contributed by atoms with E-state index in [-0.39, 0.29) is 6.10 Å². The molecule has 140 valence electrons. The van der Waals surface area contributed by atoms with E-state index in [1.165, 1.54) is 36.3 Å². The lowest BCUT2D eigenvalue weighted by Crippen LogP contribution is -2.52. The van der Waals surface area contributed by atoms with Crippen LogP contribution in [0.5, 0.6) is 0 Å². The van der Waals surface area contributed by atoms with E-state index in [1.807, 2.05) is 6.20 Å². The van der Waals surface area contributed by atoms with Crippen LogP contribution in [0.1, 0.15) is 64.3 Å². The van der Waals surface area contributed by atoms with E-state index in [1.54, 1.807) is 16.9 Å². The molecular formula is C23H31NOS. The Morgan fingerprint density at radius 1 is 1.15 bits per heavy atom. The van der Waals surface area contributed by atoms with Gasteiger partial charge in [0.25, 0.3) is 0 Å². The van der Waals surface area contributed by atoms with E-state index in [0.717, 1.165) is 30.6 Å². The number of allylic oxidation sites excluding steroid dienone is 3. The molecule has 0 bridgehead atoms. The molecule has 26 heavy (non-hydrogen) atoms. The summed E-state index contributed by atoms with van der Waals surface area (Å²) in [5.74, 6) is 2.93. The average molecular weight is 370 g/mol. The van der Waals surface area contributed by atoms with Gasteiger partial charge in [-0.3, -0.25) is 0 Å². The van der Waals surface area contributed by atoms with Crippen LogP contribution >= 0.6 is 11.3 Å².